The number of carbonyl (C=O) groups is 1. The Labute approximate surface area is 126 Å². The Morgan fingerprint density at radius 3 is 2.57 bits per heavy atom. The van der Waals surface area contributed by atoms with E-state index in [2.05, 4.69) is 15.7 Å². The Hall–Kier alpha value is -1.28. The average Bonchev–Trinajstić information content (AvgIpc) is 2.92. The summed E-state index contributed by atoms with van der Waals surface area (Å²) in [6, 6.07) is 1.70. The Morgan fingerprint density at radius 2 is 2.05 bits per heavy atom. The molecule has 0 aliphatic carbocycles. The van der Waals surface area contributed by atoms with Gasteiger partial charge in [0.25, 0.3) is 0 Å². The number of amides is 1. The average molecular weight is 327 g/mol. The van der Waals surface area contributed by atoms with Crippen LogP contribution in [0.4, 0.5) is 13.2 Å². The van der Waals surface area contributed by atoms with E-state index in [1.54, 1.807) is 23.1 Å². The number of nitrogens with zero attached hydrogens (tertiary/aromatic N) is 2. The minimum Gasteiger partial charge on any atom is -0.354 e. The standard InChI is InChI=1S/C12H17F3N4O.ClH/c13-12(14,15)4-8-17-10(20)11(2-6-16-7-3-11)19-9-1-5-18-19;/h1,5,9,16H,2-4,6-8H2,(H,17,20);1H. The number of alkyl halides is 3. The SMILES string of the molecule is Cl.O=C(NCCC(F)(F)F)C1(n2cccn2)CCNCC1. The van der Waals surface area contributed by atoms with E-state index in [0.29, 0.717) is 25.9 Å². The third-order valence-electron chi connectivity index (χ3n) is 3.49. The molecule has 1 aliphatic heterocycles. The van der Waals surface area contributed by atoms with Crippen LogP contribution in [0, 0.1) is 0 Å². The molecular formula is C12H18ClF3N4O. The highest BCUT2D eigenvalue weighted by atomic mass is 35.5. The Bertz CT molecular complexity index is 444. The molecule has 1 amide bonds. The van der Waals surface area contributed by atoms with Gasteiger partial charge >= 0.3 is 6.18 Å². The van der Waals surface area contributed by atoms with Crippen molar-refractivity contribution in [1.29, 1.82) is 0 Å². The maximum absolute atomic E-state index is 12.3. The second-order valence-corrected chi connectivity index (χ2v) is 4.85. The third-order valence-corrected chi connectivity index (χ3v) is 3.49. The van der Waals surface area contributed by atoms with Crippen LogP contribution >= 0.6 is 12.4 Å². The van der Waals surface area contributed by atoms with Gasteiger partial charge in [0.15, 0.2) is 0 Å². The van der Waals surface area contributed by atoms with E-state index >= 15 is 0 Å². The van der Waals surface area contributed by atoms with Gasteiger partial charge in [-0.3, -0.25) is 9.48 Å². The Kier molecular flexibility index (Phi) is 6.03. The lowest BCUT2D eigenvalue weighted by Crippen LogP contribution is -2.54. The summed E-state index contributed by atoms with van der Waals surface area (Å²) < 4.78 is 38.0. The van der Waals surface area contributed by atoms with Crippen LogP contribution in [-0.2, 0) is 10.3 Å². The van der Waals surface area contributed by atoms with Crippen molar-refractivity contribution in [2.24, 2.45) is 0 Å². The molecule has 5 nitrogen and oxygen atoms in total. The smallest absolute Gasteiger partial charge is 0.354 e. The number of hydrogen-bond donors (Lipinski definition) is 2. The first-order chi connectivity index (χ1) is 9.44. The van der Waals surface area contributed by atoms with E-state index in [9.17, 15) is 18.0 Å². The molecule has 120 valence electrons. The third kappa shape index (κ3) is 4.34. The lowest BCUT2D eigenvalue weighted by molar-refractivity contribution is -0.139. The van der Waals surface area contributed by atoms with Gasteiger partial charge in [-0.2, -0.15) is 18.3 Å². The van der Waals surface area contributed by atoms with Gasteiger partial charge in [0.2, 0.25) is 5.91 Å². The maximum Gasteiger partial charge on any atom is 0.390 e. The second kappa shape index (κ2) is 7.13. The van der Waals surface area contributed by atoms with Gasteiger partial charge in [-0.1, -0.05) is 0 Å². The van der Waals surface area contributed by atoms with E-state index < -0.39 is 30.6 Å². The molecule has 1 fully saturated rings. The first-order valence-corrected chi connectivity index (χ1v) is 6.50. The molecule has 1 saturated heterocycles. The summed E-state index contributed by atoms with van der Waals surface area (Å²) in [6.07, 6.45) is -1.03. The summed E-state index contributed by atoms with van der Waals surface area (Å²) in [5.41, 5.74) is -0.889. The predicted octanol–water partition coefficient (Wildman–Crippen LogP) is 1.45. The van der Waals surface area contributed by atoms with E-state index in [1.165, 1.54) is 0 Å². The summed E-state index contributed by atoms with van der Waals surface area (Å²) in [4.78, 5) is 12.3. The van der Waals surface area contributed by atoms with E-state index in [0.717, 1.165) is 0 Å². The molecule has 0 unspecified atom stereocenters. The minimum atomic E-state index is -4.26. The van der Waals surface area contributed by atoms with Crippen molar-refractivity contribution in [1.82, 2.24) is 20.4 Å². The highest BCUT2D eigenvalue weighted by Gasteiger charge is 2.42. The van der Waals surface area contributed by atoms with Crippen molar-refractivity contribution in [3.8, 4) is 0 Å². The summed E-state index contributed by atoms with van der Waals surface area (Å²) in [5, 5.41) is 9.62. The van der Waals surface area contributed by atoms with Gasteiger partial charge in [0.1, 0.15) is 5.54 Å². The van der Waals surface area contributed by atoms with Gasteiger partial charge in [-0.15, -0.1) is 12.4 Å². The maximum atomic E-state index is 12.3. The highest BCUT2D eigenvalue weighted by molar-refractivity contribution is 5.85. The molecule has 0 bridgehead atoms. The fourth-order valence-corrected chi connectivity index (χ4v) is 2.40. The van der Waals surface area contributed by atoms with Crippen molar-refractivity contribution in [3.63, 3.8) is 0 Å². The summed E-state index contributed by atoms with van der Waals surface area (Å²) in [5.74, 6) is -0.396. The van der Waals surface area contributed by atoms with Crippen molar-refractivity contribution in [2.45, 2.75) is 31.0 Å². The van der Waals surface area contributed by atoms with Crippen molar-refractivity contribution in [3.05, 3.63) is 18.5 Å². The van der Waals surface area contributed by atoms with E-state index in [1.807, 2.05) is 0 Å². The molecule has 21 heavy (non-hydrogen) atoms. The molecule has 9 heteroatoms. The lowest BCUT2D eigenvalue weighted by Gasteiger charge is -2.36. The van der Waals surface area contributed by atoms with Gasteiger partial charge in [0, 0.05) is 18.9 Å². The minimum absolute atomic E-state index is 0. The number of hydrogen-bond acceptors (Lipinski definition) is 3. The van der Waals surface area contributed by atoms with E-state index in [4.69, 9.17) is 0 Å². The van der Waals surface area contributed by atoms with Gasteiger partial charge in [-0.05, 0) is 32.0 Å². The molecule has 1 aliphatic rings. The first-order valence-electron chi connectivity index (χ1n) is 6.50. The normalized spacial score (nSPS) is 17.9. The summed E-state index contributed by atoms with van der Waals surface area (Å²) in [6.45, 7) is 0.859. The molecule has 1 aromatic heterocycles. The zero-order chi connectivity index (χ0) is 14.6. The first kappa shape index (κ1) is 17.8. The largest absolute Gasteiger partial charge is 0.390 e. The van der Waals surface area contributed by atoms with Crippen molar-refractivity contribution >= 4 is 18.3 Å². The topological polar surface area (TPSA) is 59.0 Å². The number of carbonyl (C=O) groups excluding carboxylic acids is 1. The molecule has 2 N–H and O–H groups in total. The van der Waals surface area contributed by atoms with Crippen molar-refractivity contribution < 1.29 is 18.0 Å². The monoisotopic (exact) mass is 326 g/mol. The molecular weight excluding hydrogens is 309 g/mol. The number of nitrogens with one attached hydrogen (secondary N) is 2. The molecule has 2 rings (SSSR count). The molecule has 0 saturated carbocycles. The molecule has 0 atom stereocenters. The van der Waals surface area contributed by atoms with Crippen LogP contribution in [0.5, 0.6) is 0 Å². The number of piperidine rings is 1. The van der Waals surface area contributed by atoms with Gasteiger partial charge in [0.05, 0.1) is 6.42 Å². The van der Waals surface area contributed by atoms with Crippen LogP contribution in [0.25, 0.3) is 0 Å². The molecule has 1 aromatic rings. The Balaban J connectivity index is 0.00000220. The fourth-order valence-electron chi connectivity index (χ4n) is 2.40. The predicted molar refractivity (Wildman–Crippen MR) is 73.2 cm³/mol. The van der Waals surface area contributed by atoms with Gasteiger partial charge in [-0.25, -0.2) is 0 Å². The molecule has 0 aromatic carbocycles. The number of rotatable bonds is 4. The zero-order valence-electron chi connectivity index (χ0n) is 11.3. The number of halogens is 4. The van der Waals surface area contributed by atoms with Crippen LogP contribution in [0.3, 0.4) is 0 Å². The molecule has 0 spiro atoms. The quantitative estimate of drug-likeness (QED) is 0.880. The Morgan fingerprint density at radius 1 is 1.38 bits per heavy atom. The summed E-state index contributed by atoms with van der Waals surface area (Å²) >= 11 is 0. The van der Waals surface area contributed by atoms with Crippen LogP contribution in [0.15, 0.2) is 18.5 Å². The van der Waals surface area contributed by atoms with Crippen molar-refractivity contribution in [2.75, 3.05) is 19.6 Å². The lowest BCUT2D eigenvalue weighted by atomic mass is 9.87. The zero-order valence-corrected chi connectivity index (χ0v) is 12.1. The van der Waals surface area contributed by atoms with Crippen LogP contribution < -0.4 is 10.6 Å². The molecule has 0 radical (unpaired) electrons. The highest BCUT2D eigenvalue weighted by Crippen LogP contribution is 2.27. The summed E-state index contributed by atoms with van der Waals surface area (Å²) in [7, 11) is 0. The van der Waals surface area contributed by atoms with Gasteiger partial charge < -0.3 is 10.6 Å². The van der Waals surface area contributed by atoms with E-state index in [-0.39, 0.29) is 12.4 Å². The van der Waals surface area contributed by atoms with Crippen LogP contribution in [0.2, 0.25) is 0 Å². The fraction of sp³-hybridized carbons (Fsp3) is 0.667. The van der Waals surface area contributed by atoms with Crippen LogP contribution in [-0.4, -0.2) is 41.5 Å². The second-order valence-electron chi connectivity index (χ2n) is 4.85. The molecule has 2 heterocycles. The number of aromatic nitrogens is 2. The van der Waals surface area contributed by atoms with Crippen LogP contribution in [0.1, 0.15) is 19.3 Å².